The van der Waals surface area contributed by atoms with Crippen molar-refractivity contribution in [2.45, 2.75) is 33.9 Å². The summed E-state index contributed by atoms with van der Waals surface area (Å²) in [7, 11) is 0. The van der Waals surface area contributed by atoms with Crippen molar-refractivity contribution in [1.29, 1.82) is 0 Å². The SMILES string of the molecule is Cc1cccc(Cn2c(CNC(=O)COc3cc(C)ccc3C)nc3ccccc32)c1. The first-order valence-electron chi connectivity index (χ1n) is 10.5. The molecule has 0 fully saturated rings. The summed E-state index contributed by atoms with van der Waals surface area (Å²) in [5.41, 5.74) is 6.52. The first kappa shape index (κ1) is 20.7. The second-order valence-corrected chi connectivity index (χ2v) is 7.93. The summed E-state index contributed by atoms with van der Waals surface area (Å²) in [4.78, 5) is 17.2. The van der Waals surface area contributed by atoms with Crippen LogP contribution in [-0.4, -0.2) is 22.1 Å². The summed E-state index contributed by atoms with van der Waals surface area (Å²) in [5, 5.41) is 2.95. The molecule has 0 aliphatic carbocycles. The molecule has 4 aromatic rings. The van der Waals surface area contributed by atoms with Crippen LogP contribution in [0.25, 0.3) is 11.0 Å². The number of fused-ring (bicyclic) bond motifs is 1. The molecule has 158 valence electrons. The summed E-state index contributed by atoms with van der Waals surface area (Å²) in [6.07, 6.45) is 0. The van der Waals surface area contributed by atoms with Crippen molar-refractivity contribution in [2.24, 2.45) is 0 Å². The van der Waals surface area contributed by atoms with E-state index in [-0.39, 0.29) is 12.5 Å². The van der Waals surface area contributed by atoms with Gasteiger partial charge < -0.3 is 14.6 Å². The van der Waals surface area contributed by atoms with Crippen molar-refractivity contribution in [2.75, 3.05) is 6.61 Å². The molecule has 1 N–H and O–H groups in total. The molecule has 1 aromatic heterocycles. The molecule has 0 radical (unpaired) electrons. The van der Waals surface area contributed by atoms with Gasteiger partial charge in [-0.3, -0.25) is 4.79 Å². The molecule has 3 aromatic carbocycles. The zero-order chi connectivity index (χ0) is 21.8. The fourth-order valence-electron chi connectivity index (χ4n) is 3.66. The largest absolute Gasteiger partial charge is 0.483 e. The van der Waals surface area contributed by atoms with Gasteiger partial charge in [-0.15, -0.1) is 0 Å². The zero-order valence-corrected chi connectivity index (χ0v) is 18.2. The van der Waals surface area contributed by atoms with Crippen LogP contribution < -0.4 is 10.1 Å². The molecular formula is C26H27N3O2. The Kier molecular flexibility index (Phi) is 6.03. The van der Waals surface area contributed by atoms with Gasteiger partial charge in [-0.2, -0.15) is 0 Å². The highest BCUT2D eigenvalue weighted by Gasteiger charge is 2.13. The Hall–Kier alpha value is -3.60. The fraction of sp³-hybridized carbons (Fsp3) is 0.231. The first-order valence-corrected chi connectivity index (χ1v) is 10.5. The second kappa shape index (κ2) is 9.04. The summed E-state index contributed by atoms with van der Waals surface area (Å²) < 4.78 is 7.89. The number of nitrogens with zero attached hydrogens (tertiary/aromatic N) is 2. The molecule has 0 aliphatic heterocycles. The lowest BCUT2D eigenvalue weighted by molar-refractivity contribution is -0.123. The highest BCUT2D eigenvalue weighted by Crippen LogP contribution is 2.20. The van der Waals surface area contributed by atoms with E-state index in [0.29, 0.717) is 13.1 Å². The summed E-state index contributed by atoms with van der Waals surface area (Å²) in [6.45, 7) is 7.09. The van der Waals surface area contributed by atoms with Crippen molar-refractivity contribution >= 4 is 16.9 Å². The van der Waals surface area contributed by atoms with E-state index >= 15 is 0 Å². The van der Waals surface area contributed by atoms with Gasteiger partial charge in [-0.05, 0) is 55.7 Å². The van der Waals surface area contributed by atoms with E-state index in [1.165, 1.54) is 11.1 Å². The van der Waals surface area contributed by atoms with Crippen LogP contribution in [0.5, 0.6) is 5.75 Å². The Bertz CT molecular complexity index is 1230. The Morgan fingerprint density at radius 3 is 2.61 bits per heavy atom. The van der Waals surface area contributed by atoms with Crippen molar-refractivity contribution in [1.82, 2.24) is 14.9 Å². The third kappa shape index (κ3) is 4.94. The molecule has 31 heavy (non-hydrogen) atoms. The quantitative estimate of drug-likeness (QED) is 0.478. The Morgan fingerprint density at radius 1 is 0.968 bits per heavy atom. The zero-order valence-electron chi connectivity index (χ0n) is 18.2. The van der Waals surface area contributed by atoms with E-state index in [1.54, 1.807) is 0 Å². The van der Waals surface area contributed by atoms with Crippen LogP contribution in [0.4, 0.5) is 0 Å². The lowest BCUT2D eigenvalue weighted by Gasteiger charge is -2.12. The standard InChI is InChI=1S/C26H27N3O2/c1-18-7-6-8-21(13-18)16-29-23-10-5-4-9-22(23)28-25(29)15-27-26(30)17-31-24-14-19(2)11-12-20(24)3/h4-14H,15-17H2,1-3H3,(H,27,30). The molecule has 0 atom stereocenters. The van der Waals surface area contributed by atoms with Gasteiger partial charge in [0.15, 0.2) is 6.61 Å². The number of aryl methyl sites for hydroxylation is 3. The van der Waals surface area contributed by atoms with Crippen molar-refractivity contribution in [3.05, 3.63) is 94.8 Å². The Morgan fingerprint density at radius 2 is 1.77 bits per heavy atom. The normalized spacial score (nSPS) is 10.9. The van der Waals surface area contributed by atoms with E-state index in [0.717, 1.165) is 33.7 Å². The average Bonchev–Trinajstić information content (AvgIpc) is 3.10. The monoisotopic (exact) mass is 413 g/mol. The molecule has 5 heteroatoms. The Labute approximate surface area is 182 Å². The molecule has 0 aliphatic rings. The highest BCUT2D eigenvalue weighted by atomic mass is 16.5. The molecular weight excluding hydrogens is 386 g/mol. The number of aromatic nitrogens is 2. The minimum atomic E-state index is -0.171. The summed E-state index contributed by atoms with van der Waals surface area (Å²) in [6, 6.07) is 22.5. The van der Waals surface area contributed by atoms with Gasteiger partial charge in [0, 0.05) is 6.54 Å². The topological polar surface area (TPSA) is 56.2 Å². The third-order valence-electron chi connectivity index (χ3n) is 5.30. The number of hydrogen-bond donors (Lipinski definition) is 1. The van der Waals surface area contributed by atoms with Crippen molar-refractivity contribution in [3.8, 4) is 5.75 Å². The number of nitrogens with one attached hydrogen (secondary N) is 1. The second-order valence-electron chi connectivity index (χ2n) is 7.93. The predicted molar refractivity (Wildman–Crippen MR) is 123 cm³/mol. The number of amides is 1. The van der Waals surface area contributed by atoms with Crippen LogP contribution in [0.2, 0.25) is 0 Å². The summed E-state index contributed by atoms with van der Waals surface area (Å²) in [5.74, 6) is 1.39. The lowest BCUT2D eigenvalue weighted by Crippen LogP contribution is -2.29. The maximum Gasteiger partial charge on any atom is 0.258 e. The molecule has 1 heterocycles. The van der Waals surface area contributed by atoms with E-state index in [9.17, 15) is 4.79 Å². The maximum atomic E-state index is 12.4. The first-order chi connectivity index (χ1) is 15.0. The Balaban J connectivity index is 1.47. The van der Waals surface area contributed by atoms with Gasteiger partial charge in [-0.1, -0.05) is 54.1 Å². The van der Waals surface area contributed by atoms with Crippen LogP contribution >= 0.6 is 0 Å². The number of imidazole rings is 1. The number of para-hydroxylation sites is 2. The molecule has 0 saturated heterocycles. The van der Waals surface area contributed by atoms with Crippen LogP contribution in [0, 0.1) is 20.8 Å². The van der Waals surface area contributed by atoms with Crippen molar-refractivity contribution < 1.29 is 9.53 Å². The van der Waals surface area contributed by atoms with Gasteiger partial charge in [0.25, 0.3) is 5.91 Å². The van der Waals surface area contributed by atoms with Gasteiger partial charge in [0.2, 0.25) is 0 Å². The number of carbonyl (C=O) groups is 1. The van der Waals surface area contributed by atoms with Crippen LogP contribution in [0.3, 0.4) is 0 Å². The van der Waals surface area contributed by atoms with E-state index in [1.807, 2.05) is 50.2 Å². The number of benzene rings is 3. The number of ether oxygens (including phenoxy) is 1. The fourth-order valence-corrected chi connectivity index (χ4v) is 3.66. The number of rotatable bonds is 7. The molecule has 0 bridgehead atoms. The van der Waals surface area contributed by atoms with Crippen LogP contribution in [0.15, 0.2) is 66.7 Å². The predicted octanol–water partition coefficient (Wildman–Crippen LogP) is 4.71. The van der Waals surface area contributed by atoms with Crippen LogP contribution in [0.1, 0.15) is 28.1 Å². The minimum Gasteiger partial charge on any atom is -0.483 e. The third-order valence-corrected chi connectivity index (χ3v) is 5.30. The average molecular weight is 414 g/mol. The summed E-state index contributed by atoms with van der Waals surface area (Å²) >= 11 is 0. The molecule has 0 saturated carbocycles. The van der Waals surface area contributed by atoms with E-state index in [2.05, 4.69) is 47.1 Å². The van der Waals surface area contributed by atoms with Gasteiger partial charge in [0.05, 0.1) is 17.6 Å². The van der Waals surface area contributed by atoms with Gasteiger partial charge >= 0.3 is 0 Å². The molecule has 0 unspecified atom stereocenters. The number of hydrogen-bond acceptors (Lipinski definition) is 3. The number of carbonyl (C=O) groups excluding carboxylic acids is 1. The smallest absolute Gasteiger partial charge is 0.258 e. The highest BCUT2D eigenvalue weighted by molar-refractivity contribution is 5.78. The molecule has 4 rings (SSSR count). The maximum absolute atomic E-state index is 12.4. The molecule has 1 amide bonds. The molecule has 0 spiro atoms. The minimum absolute atomic E-state index is 0.0254. The van der Waals surface area contributed by atoms with Crippen molar-refractivity contribution in [3.63, 3.8) is 0 Å². The van der Waals surface area contributed by atoms with E-state index in [4.69, 9.17) is 9.72 Å². The van der Waals surface area contributed by atoms with E-state index < -0.39 is 0 Å². The van der Waals surface area contributed by atoms with Gasteiger partial charge in [-0.25, -0.2) is 4.98 Å². The molecule has 5 nitrogen and oxygen atoms in total. The lowest BCUT2D eigenvalue weighted by atomic mass is 10.1. The van der Waals surface area contributed by atoms with Crippen LogP contribution in [-0.2, 0) is 17.9 Å². The van der Waals surface area contributed by atoms with Gasteiger partial charge in [0.1, 0.15) is 11.6 Å².